The van der Waals surface area contributed by atoms with Crippen LogP contribution in [-0.4, -0.2) is 12.6 Å². The molecule has 2 atom stereocenters. The molecule has 2 N–H and O–H groups in total. The van der Waals surface area contributed by atoms with E-state index in [0.717, 1.165) is 12.2 Å². The monoisotopic (exact) mass is 191 g/mol. The highest BCUT2D eigenvalue weighted by Gasteiger charge is 2.19. The van der Waals surface area contributed by atoms with E-state index >= 15 is 0 Å². The Kier molecular flexibility index (Phi) is 2.46. The molecule has 0 amide bonds. The van der Waals surface area contributed by atoms with E-state index in [1.165, 1.54) is 11.1 Å². The first-order chi connectivity index (χ1) is 6.70. The van der Waals surface area contributed by atoms with Crippen LogP contribution in [-0.2, 0) is 6.42 Å². The largest absolute Gasteiger partial charge is 0.490 e. The predicted octanol–water partition coefficient (Wildman–Crippen LogP) is 2.07. The number of benzene rings is 1. The minimum absolute atomic E-state index is 0.327. The number of hydrogen-bond donors (Lipinski definition) is 1. The van der Waals surface area contributed by atoms with E-state index in [2.05, 4.69) is 32.0 Å². The SMILES string of the molecule is CC1Cc2cc(C(C)CN)ccc2O1. The molecule has 0 saturated carbocycles. The molecular formula is C12H17NO. The van der Waals surface area contributed by atoms with Gasteiger partial charge in [-0.25, -0.2) is 0 Å². The normalized spacial score (nSPS) is 21.5. The maximum Gasteiger partial charge on any atom is 0.123 e. The van der Waals surface area contributed by atoms with Crippen LogP contribution in [0.15, 0.2) is 18.2 Å². The minimum Gasteiger partial charge on any atom is -0.490 e. The Morgan fingerprint density at radius 1 is 1.57 bits per heavy atom. The van der Waals surface area contributed by atoms with Gasteiger partial charge in [0.25, 0.3) is 0 Å². The number of ether oxygens (including phenoxy) is 1. The summed E-state index contributed by atoms with van der Waals surface area (Å²) in [4.78, 5) is 0. The van der Waals surface area contributed by atoms with E-state index in [4.69, 9.17) is 10.5 Å². The molecule has 2 rings (SSSR count). The van der Waals surface area contributed by atoms with Gasteiger partial charge in [0.1, 0.15) is 11.9 Å². The zero-order valence-corrected chi connectivity index (χ0v) is 8.79. The van der Waals surface area contributed by atoms with Crippen molar-refractivity contribution in [3.05, 3.63) is 29.3 Å². The van der Waals surface area contributed by atoms with Gasteiger partial charge >= 0.3 is 0 Å². The van der Waals surface area contributed by atoms with Crippen LogP contribution in [0.2, 0.25) is 0 Å². The molecule has 1 aliphatic heterocycles. The van der Waals surface area contributed by atoms with Crippen molar-refractivity contribution in [1.82, 2.24) is 0 Å². The fourth-order valence-corrected chi connectivity index (χ4v) is 1.88. The van der Waals surface area contributed by atoms with Gasteiger partial charge in [-0.15, -0.1) is 0 Å². The summed E-state index contributed by atoms with van der Waals surface area (Å²) in [6.45, 7) is 4.96. The van der Waals surface area contributed by atoms with E-state index in [9.17, 15) is 0 Å². The Balaban J connectivity index is 2.28. The molecule has 0 fully saturated rings. The highest BCUT2D eigenvalue weighted by Crippen LogP contribution is 2.31. The zero-order chi connectivity index (χ0) is 10.1. The second-order valence-corrected chi connectivity index (χ2v) is 4.14. The Morgan fingerprint density at radius 3 is 3.07 bits per heavy atom. The van der Waals surface area contributed by atoms with E-state index in [1.807, 2.05) is 0 Å². The highest BCUT2D eigenvalue weighted by atomic mass is 16.5. The predicted molar refractivity (Wildman–Crippen MR) is 57.7 cm³/mol. The van der Waals surface area contributed by atoms with Gasteiger partial charge in [0, 0.05) is 6.42 Å². The van der Waals surface area contributed by atoms with Crippen LogP contribution in [0.25, 0.3) is 0 Å². The molecule has 14 heavy (non-hydrogen) atoms. The lowest BCUT2D eigenvalue weighted by molar-refractivity contribution is 0.254. The fourth-order valence-electron chi connectivity index (χ4n) is 1.88. The number of fused-ring (bicyclic) bond motifs is 1. The second-order valence-electron chi connectivity index (χ2n) is 4.14. The van der Waals surface area contributed by atoms with E-state index in [1.54, 1.807) is 0 Å². The first kappa shape index (κ1) is 9.53. The van der Waals surface area contributed by atoms with Gasteiger partial charge in [-0.2, -0.15) is 0 Å². The molecule has 1 aliphatic rings. The van der Waals surface area contributed by atoms with E-state index in [-0.39, 0.29) is 0 Å². The maximum atomic E-state index is 5.65. The average Bonchev–Trinajstić information content (AvgIpc) is 2.55. The lowest BCUT2D eigenvalue weighted by atomic mass is 9.98. The molecule has 2 nitrogen and oxygen atoms in total. The van der Waals surface area contributed by atoms with Crippen LogP contribution in [0, 0.1) is 0 Å². The summed E-state index contributed by atoms with van der Waals surface area (Å²) in [6.07, 6.45) is 1.36. The molecule has 0 saturated heterocycles. The Morgan fingerprint density at radius 2 is 2.36 bits per heavy atom. The molecule has 2 heteroatoms. The van der Waals surface area contributed by atoms with Gasteiger partial charge in [-0.1, -0.05) is 19.1 Å². The van der Waals surface area contributed by atoms with Crippen LogP contribution in [0.3, 0.4) is 0 Å². The van der Waals surface area contributed by atoms with Gasteiger partial charge < -0.3 is 10.5 Å². The molecule has 1 heterocycles. The summed E-state index contributed by atoms with van der Waals surface area (Å²) in [6, 6.07) is 6.42. The zero-order valence-electron chi connectivity index (χ0n) is 8.79. The highest BCUT2D eigenvalue weighted by molar-refractivity contribution is 5.41. The first-order valence-electron chi connectivity index (χ1n) is 5.20. The molecule has 0 aromatic heterocycles. The topological polar surface area (TPSA) is 35.2 Å². The molecule has 2 unspecified atom stereocenters. The van der Waals surface area contributed by atoms with E-state index < -0.39 is 0 Å². The summed E-state index contributed by atoms with van der Waals surface area (Å²) in [7, 11) is 0. The average molecular weight is 191 g/mol. The maximum absolute atomic E-state index is 5.65. The fraction of sp³-hybridized carbons (Fsp3) is 0.500. The van der Waals surface area contributed by atoms with Gasteiger partial charge in [0.15, 0.2) is 0 Å². The van der Waals surface area contributed by atoms with E-state index in [0.29, 0.717) is 18.6 Å². The smallest absolute Gasteiger partial charge is 0.123 e. The van der Waals surface area contributed by atoms with Gasteiger partial charge in [-0.05, 0) is 36.6 Å². The van der Waals surface area contributed by atoms with Crippen molar-refractivity contribution in [1.29, 1.82) is 0 Å². The second kappa shape index (κ2) is 3.62. The number of rotatable bonds is 2. The van der Waals surface area contributed by atoms with Crippen molar-refractivity contribution in [2.75, 3.05) is 6.54 Å². The van der Waals surface area contributed by atoms with Crippen molar-refractivity contribution in [2.24, 2.45) is 5.73 Å². The first-order valence-corrected chi connectivity index (χ1v) is 5.20. The van der Waals surface area contributed by atoms with Crippen molar-refractivity contribution in [3.63, 3.8) is 0 Å². The lowest BCUT2D eigenvalue weighted by Gasteiger charge is -2.09. The van der Waals surface area contributed by atoms with Crippen LogP contribution in [0.4, 0.5) is 0 Å². The summed E-state index contributed by atoms with van der Waals surface area (Å²) in [5.41, 5.74) is 8.30. The summed E-state index contributed by atoms with van der Waals surface area (Å²) >= 11 is 0. The third kappa shape index (κ3) is 1.62. The molecule has 0 aliphatic carbocycles. The summed E-state index contributed by atoms with van der Waals surface area (Å²) in [5.74, 6) is 1.49. The molecule has 0 radical (unpaired) electrons. The quantitative estimate of drug-likeness (QED) is 0.776. The summed E-state index contributed by atoms with van der Waals surface area (Å²) < 4.78 is 5.64. The van der Waals surface area contributed by atoms with Gasteiger partial charge in [-0.3, -0.25) is 0 Å². The molecule has 76 valence electrons. The summed E-state index contributed by atoms with van der Waals surface area (Å²) in [5, 5.41) is 0. The molecule has 0 bridgehead atoms. The van der Waals surface area contributed by atoms with Gasteiger partial charge in [0.05, 0.1) is 0 Å². The lowest BCUT2D eigenvalue weighted by Crippen LogP contribution is -2.08. The Bertz CT molecular complexity index is 335. The van der Waals surface area contributed by atoms with Crippen LogP contribution < -0.4 is 10.5 Å². The van der Waals surface area contributed by atoms with Crippen LogP contribution in [0.5, 0.6) is 5.75 Å². The standard InChI is InChI=1S/C12H17NO/c1-8(7-13)10-3-4-12-11(6-10)5-9(2)14-12/h3-4,6,8-9H,5,7,13H2,1-2H3. The Labute approximate surface area is 85.1 Å². The van der Waals surface area contributed by atoms with Crippen LogP contribution in [0.1, 0.15) is 30.9 Å². The van der Waals surface area contributed by atoms with Crippen molar-refractivity contribution < 1.29 is 4.74 Å². The third-order valence-electron chi connectivity index (χ3n) is 2.84. The molecule has 0 spiro atoms. The molecular weight excluding hydrogens is 174 g/mol. The number of nitrogens with two attached hydrogens (primary N) is 1. The number of hydrogen-bond acceptors (Lipinski definition) is 2. The molecule has 1 aromatic carbocycles. The third-order valence-corrected chi connectivity index (χ3v) is 2.84. The Hall–Kier alpha value is -1.02. The van der Waals surface area contributed by atoms with Gasteiger partial charge in [0.2, 0.25) is 0 Å². The minimum atomic E-state index is 0.327. The van der Waals surface area contributed by atoms with Crippen molar-refractivity contribution >= 4 is 0 Å². The van der Waals surface area contributed by atoms with Crippen molar-refractivity contribution in [2.45, 2.75) is 32.3 Å². The van der Waals surface area contributed by atoms with Crippen molar-refractivity contribution in [3.8, 4) is 5.75 Å². The van der Waals surface area contributed by atoms with Crippen LogP contribution >= 0.6 is 0 Å². The molecule has 1 aromatic rings.